The Labute approximate surface area is 141 Å². The number of ether oxygens (including phenoxy) is 1. The monoisotopic (exact) mass is 339 g/mol. The first-order chi connectivity index (χ1) is 12.1. The van der Waals surface area contributed by atoms with Gasteiger partial charge in [0.25, 0.3) is 0 Å². The molecule has 0 radical (unpaired) electrons. The molecule has 126 valence electrons. The Hall–Kier alpha value is -3.67. The number of aromatic amines is 1. The van der Waals surface area contributed by atoms with E-state index < -0.39 is 18.3 Å². The summed E-state index contributed by atoms with van der Waals surface area (Å²) in [6, 6.07) is 9.00. The third kappa shape index (κ3) is 3.48. The van der Waals surface area contributed by atoms with Crippen LogP contribution in [0.25, 0.3) is 16.6 Å². The fourth-order valence-electron chi connectivity index (χ4n) is 2.24. The van der Waals surface area contributed by atoms with Crippen molar-refractivity contribution in [3.05, 3.63) is 35.8 Å². The summed E-state index contributed by atoms with van der Waals surface area (Å²) in [5.41, 5.74) is 3.46. The average molecular weight is 339 g/mol. The first-order valence-corrected chi connectivity index (χ1v) is 7.38. The highest BCUT2D eigenvalue weighted by Gasteiger charge is 2.21. The van der Waals surface area contributed by atoms with Crippen LogP contribution in [0.15, 0.2) is 35.1 Å². The summed E-state index contributed by atoms with van der Waals surface area (Å²) >= 11 is 0. The van der Waals surface area contributed by atoms with E-state index in [4.69, 9.17) is 4.74 Å². The molecular weight excluding hydrogens is 326 g/mol. The van der Waals surface area contributed by atoms with Crippen molar-refractivity contribution in [3.8, 4) is 6.07 Å². The van der Waals surface area contributed by atoms with Gasteiger partial charge < -0.3 is 14.8 Å². The molecule has 0 spiro atoms. The van der Waals surface area contributed by atoms with E-state index in [-0.39, 0.29) is 35.9 Å². The molecule has 2 heterocycles. The molecule has 9 heteroatoms. The number of hydrogen-bond donors (Lipinski definition) is 3. The Balaban J connectivity index is 1.75. The second-order valence-corrected chi connectivity index (χ2v) is 5.21. The Bertz CT molecular complexity index is 918. The van der Waals surface area contributed by atoms with E-state index in [0.29, 0.717) is 11.0 Å². The molecule has 0 saturated carbocycles. The second kappa shape index (κ2) is 6.84. The summed E-state index contributed by atoms with van der Waals surface area (Å²) in [5.74, 6) is -1.31. The number of allylic oxidation sites excluding steroid dienone is 1. The maximum absolute atomic E-state index is 11.9. The van der Waals surface area contributed by atoms with Crippen molar-refractivity contribution >= 4 is 34.2 Å². The summed E-state index contributed by atoms with van der Waals surface area (Å²) in [6.07, 6.45) is 0.294. The van der Waals surface area contributed by atoms with Gasteiger partial charge in [-0.25, -0.2) is 15.2 Å². The van der Waals surface area contributed by atoms with E-state index in [0.717, 1.165) is 0 Å². The van der Waals surface area contributed by atoms with Crippen LogP contribution in [0.3, 0.4) is 0 Å². The van der Waals surface area contributed by atoms with Gasteiger partial charge in [0.1, 0.15) is 24.0 Å². The molecule has 1 aromatic carbocycles. The van der Waals surface area contributed by atoms with Gasteiger partial charge in [0.2, 0.25) is 5.91 Å². The fraction of sp³-hybridized carbons (Fsp3) is 0.188. The molecule has 25 heavy (non-hydrogen) atoms. The van der Waals surface area contributed by atoms with E-state index in [9.17, 15) is 20.0 Å². The highest BCUT2D eigenvalue weighted by molar-refractivity contribution is 6.37. The molecule has 9 nitrogen and oxygen atoms in total. The lowest BCUT2D eigenvalue weighted by molar-refractivity contribution is -0.135. The normalized spacial score (nSPS) is 15.0. The maximum Gasteiger partial charge on any atom is 0.354 e. The van der Waals surface area contributed by atoms with Crippen LogP contribution in [0.1, 0.15) is 18.7 Å². The number of para-hydroxylation sites is 2. The molecule has 2 aromatic rings. The quantitative estimate of drug-likeness (QED) is 0.434. The summed E-state index contributed by atoms with van der Waals surface area (Å²) in [6.45, 7) is -0.508. The van der Waals surface area contributed by atoms with Crippen LogP contribution in [0.4, 0.5) is 0 Å². The zero-order valence-corrected chi connectivity index (χ0v) is 12.9. The van der Waals surface area contributed by atoms with Gasteiger partial charge >= 0.3 is 5.97 Å². The number of aromatic nitrogens is 2. The summed E-state index contributed by atoms with van der Waals surface area (Å²) in [7, 11) is 0. The minimum absolute atomic E-state index is 0.0506. The van der Waals surface area contributed by atoms with Crippen LogP contribution >= 0.6 is 0 Å². The molecular formula is C16H13N5O4. The number of imidazole rings is 1. The number of carbonyl (C=O) groups is 2. The number of nitriles is 1. The number of hydrogen-bond acceptors (Lipinski definition) is 7. The molecule has 1 aliphatic heterocycles. The number of benzene rings is 1. The molecule has 0 fully saturated rings. The van der Waals surface area contributed by atoms with Crippen molar-refractivity contribution in [3.63, 3.8) is 0 Å². The largest absolute Gasteiger partial charge is 0.507 e. The minimum Gasteiger partial charge on any atom is -0.507 e. The zero-order chi connectivity index (χ0) is 17.8. The van der Waals surface area contributed by atoms with Crippen LogP contribution in [0.2, 0.25) is 0 Å². The number of rotatable bonds is 4. The number of carbonyl (C=O) groups excluding carboxylic acids is 2. The Morgan fingerprint density at radius 2 is 2.16 bits per heavy atom. The maximum atomic E-state index is 11.9. The lowest BCUT2D eigenvalue weighted by atomic mass is 10.2. The third-order valence-electron chi connectivity index (χ3n) is 3.51. The number of aliphatic hydroxyl groups is 1. The van der Waals surface area contributed by atoms with Gasteiger partial charge in [0.05, 0.1) is 11.0 Å². The third-order valence-corrected chi connectivity index (χ3v) is 3.51. The topological polar surface area (TPSA) is 140 Å². The predicted octanol–water partition coefficient (Wildman–Crippen LogP) is 1.16. The highest BCUT2D eigenvalue weighted by Crippen LogP contribution is 2.18. The molecule has 1 aromatic heterocycles. The molecule has 0 aliphatic carbocycles. The van der Waals surface area contributed by atoms with E-state index in [2.05, 4.69) is 20.5 Å². The molecule has 0 unspecified atom stereocenters. The highest BCUT2D eigenvalue weighted by atomic mass is 16.5. The number of fused-ring (bicyclic) bond motifs is 1. The van der Waals surface area contributed by atoms with Crippen molar-refractivity contribution in [1.29, 1.82) is 5.26 Å². The summed E-state index contributed by atoms with van der Waals surface area (Å²) in [5, 5.41) is 23.0. The number of esters is 1. The number of nitrogens with one attached hydrogen (secondary N) is 2. The smallest absolute Gasteiger partial charge is 0.354 e. The average Bonchev–Trinajstić information content (AvgIpc) is 3.04. The number of aliphatic hydroxyl groups excluding tert-OH is 1. The van der Waals surface area contributed by atoms with Crippen molar-refractivity contribution in [1.82, 2.24) is 15.4 Å². The van der Waals surface area contributed by atoms with Gasteiger partial charge in [-0.3, -0.25) is 4.79 Å². The molecule has 3 N–H and O–H groups in total. The number of H-pyrrole nitrogens is 1. The minimum atomic E-state index is -0.770. The number of hydrazone groups is 1. The molecule has 1 amide bonds. The van der Waals surface area contributed by atoms with Gasteiger partial charge in [-0.1, -0.05) is 12.1 Å². The summed E-state index contributed by atoms with van der Waals surface area (Å²) in [4.78, 5) is 30.0. The van der Waals surface area contributed by atoms with Gasteiger partial charge in [0.15, 0.2) is 11.6 Å². The Morgan fingerprint density at radius 3 is 2.84 bits per heavy atom. The standard InChI is InChI=1S/C16H13N5O4/c17-7-9(15-18-10-3-1-2-4-11(10)19-15)13(22)8-25-16(24)12-5-6-14(23)21-20-12/h1-4,22H,5-6,8H2,(H,18,19)(H,21,23). The van der Waals surface area contributed by atoms with Crippen molar-refractivity contribution < 1.29 is 19.4 Å². The van der Waals surface area contributed by atoms with Crippen LogP contribution < -0.4 is 5.43 Å². The summed E-state index contributed by atoms with van der Waals surface area (Å²) < 4.78 is 4.94. The first-order valence-electron chi connectivity index (χ1n) is 7.38. The van der Waals surface area contributed by atoms with Crippen molar-refractivity contribution in [2.24, 2.45) is 5.10 Å². The molecule has 1 aliphatic rings. The number of amides is 1. The van der Waals surface area contributed by atoms with Crippen LogP contribution in [-0.2, 0) is 14.3 Å². The SMILES string of the molecule is N#CC(=C(O)COC(=O)C1=NNC(=O)CC1)c1nc2ccccc2[nH]1. The fourth-order valence-corrected chi connectivity index (χ4v) is 2.24. The Morgan fingerprint density at radius 1 is 1.36 bits per heavy atom. The zero-order valence-electron chi connectivity index (χ0n) is 12.9. The van der Waals surface area contributed by atoms with Gasteiger partial charge in [0, 0.05) is 12.8 Å². The molecule has 0 atom stereocenters. The molecule has 0 saturated heterocycles. The molecule has 0 bridgehead atoms. The lowest BCUT2D eigenvalue weighted by Gasteiger charge is -2.11. The van der Waals surface area contributed by atoms with E-state index >= 15 is 0 Å². The van der Waals surface area contributed by atoms with Gasteiger partial charge in [-0.15, -0.1) is 0 Å². The van der Waals surface area contributed by atoms with Crippen LogP contribution in [0, 0.1) is 11.3 Å². The van der Waals surface area contributed by atoms with Crippen molar-refractivity contribution in [2.45, 2.75) is 12.8 Å². The Kier molecular flexibility index (Phi) is 4.43. The van der Waals surface area contributed by atoms with Crippen LogP contribution in [-0.4, -0.2) is 39.3 Å². The lowest BCUT2D eigenvalue weighted by Crippen LogP contribution is -2.31. The predicted molar refractivity (Wildman–Crippen MR) is 87.0 cm³/mol. The second-order valence-electron chi connectivity index (χ2n) is 5.21. The van der Waals surface area contributed by atoms with Gasteiger partial charge in [-0.05, 0) is 12.1 Å². The van der Waals surface area contributed by atoms with Crippen LogP contribution in [0.5, 0.6) is 0 Å². The van der Waals surface area contributed by atoms with E-state index in [1.165, 1.54) is 0 Å². The molecule has 3 rings (SSSR count). The first kappa shape index (κ1) is 16.2. The van der Waals surface area contributed by atoms with E-state index in [1.807, 2.05) is 12.1 Å². The van der Waals surface area contributed by atoms with E-state index in [1.54, 1.807) is 18.2 Å². The van der Waals surface area contributed by atoms with Crippen molar-refractivity contribution in [2.75, 3.05) is 6.61 Å². The number of nitrogens with zero attached hydrogens (tertiary/aromatic N) is 3. The van der Waals surface area contributed by atoms with Gasteiger partial charge in [-0.2, -0.15) is 10.4 Å².